The van der Waals surface area contributed by atoms with Gasteiger partial charge in [0.25, 0.3) is 0 Å². The van der Waals surface area contributed by atoms with Crippen LogP contribution in [0.5, 0.6) is 0 Å². The minimum Gasteiger partial charge on any atom is -0.294 e. The second-order valence-electron chi connectivity index (χ2n) is 5.44. The van der Waals surface area contributed by atoms with Crippen molar-refractivity contribution in [1.82, 2.24) is 0 Å². The highest BCUT2D eigenvalue weighted by atomic mass is 35.5. The standard InChI is InChI=1S/C19H17ClO/c20-17-11-9-14(10-12-17)13-16-7-4-8-18(19(16)21)15-5-2-1-3-6-15/h1-3,5-6,9-13,18H,4,7-8H2/b16-13+. The average molecular weight is 297 g/mol. The summed E-state index contributed by atoms with van der Waals surface area (Å²) in [5, 5.41) is 0.717. The van der Waals surface area contributed by atoms with Crippen molar-refractivity contribution in [3.8, 4) is 0 Å². The Kier molecular flexibility index (Phi) is 4.21. The minimum atomic E-state index is 0.0125. The summed E-state index contributed by atoms with van der Waals surface area (Å²) in [4.78, 5) is 12.7. The fourth-order valence-corrected chi connectivity index (χ4v) is 3.01. The zero-order valence-corrected chi connectivity index (χ0v) is 12.5. The van der Waals surface area contributed by atoms with Crippen molar-refractivity contribution in [1.29, 1.82) is 0 Å². The first kappa shape index (κ1) is 14.1. The summed E-state index contributed by atoms with van der Waals surface area (Å²) in [7, 11) is 0. The molecule has 1 aliphatic carbocycles. The van der Waals surface area contributed by atoms with Gasteiger partial charge in [-0.1, -0.05) is 54.1 Å². The molecule has 2 aromatic carbocycles. The molecule has 106 valence electrons. The predicted octanol–water partition coefficient (Wildman–Crippen LogP) is 5.26. The summed E-state index contributed by atoms with van der Waals surface area (Å²) < 4.78 is 0. The van der Waals surface area contributed by atoms with E-state index in [0.717, 1.165) is 36.0 Å². The van der Waals surface area contributed by atoms with Crippen LogP contribution in [0.4, 0.5) is 0 Å². The number of rotatable bonds is 2. The third kappa shape index (κ3) is 3.25. The fraction of sp³-hybridized carbons (Fsp3) is 0.211. The van der Waals surface area contributed by atoms with Crippen molar-refractivity contribution in [2.45, 2.75) is 25.2 Å². The second kappa shape index (κ2) is 6.28. The van der Waals surface area contributed by atoms with Gasteiger partial charge in [-0.3, -0.25) is 4.79 Å². The molecule has 1 fully saturated rings. The van der Waals surface area contributed by atoms with Crippen molar-refractivity contribution < 1.29 is 4.79 Å². The first-order valence-electron chi connectivity index (χ1n) is 7.29. The normalized spacial score (nSPS) is 20.7. The molecule has 0 aliphatic heterocycles. The van der Waals surface area contributed by atoms with E-state index >= 15 is 0 Å². The van der Waals surface area contributed by atoms with Crippen LogP contribution in [0.3, 0.4) is 0 Å². The molecule has 0 amide bonds. The predicted molar refractivity (Wildman–Crippen MR) is 87.5 cm³/mol. The fourth-order valence-electron chi connectivity index (χ4n) is 2.88. The number of Topliss-reactive ketones (excluding diaryl/α,β-unsaturated/α-hetero) is 1. The topological polar surface area (TPSA) is 17.1 Å². The number of carbonyl (C=O) groups is 1. The Balaban J connectivity index is 1.87. The van der Waals surface area contributed by atoms with E-state index in [-0.39, 0.29) is 11.7 Å². The Labute approximate surface area is 130 Å². The molecule has 0 heterocycles. The molecule has 21 heavy (non-hydrogen) atoms. The van der Waals surface area contributed by atoms with E-state index < -0.39 is 0 Å². The van der Waals surface area contributed by atoms with Gasteiger partial charge in [0.05, 0.1) is 0 Å². The Morgan fingerprint density at radius 3 is 2.43 bits per heavy atom. The molecule has 1 aliphatic rings. The van der Waals surface area contributed by atoms with E-state index in [1.54, 1.807) is 0 Å². The first-order valence-corrected chi connectivity index (χ1v) is 7.67. The molecule has 1 nitrogen and oxygen atoms in total. The van der Waals surface area contributed by atoms with E-state index in [2.05, 4.69) is 0 Å². The summed E-state index contributed by atoms with van der Waals surface area (Å²) in [6.07, 6.45) is 4.88. The Morgan fingerprint density at radius 1 is 1.00 bits per heavy atom. The number of allylic oxidation sites excluding steroid dienone is 1. The summed E-state index contributed by atoms with van der Waals surface area (Å²) in [6, 6.07) is 17.7. The lowest BCUT2D eigenvalue weighted by Crippen LogP contribution is -2.19. The van der Waals surface area contributed by atoms with E-state index in [1.807, 2.05) is 60.7 Å². The SMILES string of the molecule is O=C1/C(=C/c2ccc(Cl)cc2)CCCC1c1ccccc1. The van der Waals surface area contributed by atoms with Crippen molar-refractivity contribution in [3.05, 3.63) is 76.3 Å². The molecule has 0 radical (unpaired) electrons. The van der Waals surface area contributed by atoms with Gasteiger partial charge in [0.2, 0.25) is 0 Å². The smallest absolute Gasteiger partial charge is 0.166 e. The van der Waals surface area contributed by atoms with Gasteiger partial charge in [-0.2, -0.15) is 0 Å². The average Bonchev–Trinajstić information content (AvgIpc) is 2.52. The van der Waals surface area contributed by atoms with Gasteiger partial charge in [0.1, 0.15) is 0 Å². The molecular weight excluding hydrogens is 280 g/mol. The number of hydrogen-bond donors (Lipinski definition) is 0. The Hall–Kier alpha value is -1.86. The molecule has 2 aromatic rings. The molecule has 1 saturated carbocycles. The van der Waals surface area contributed by atoms with Crippen LogP contribution < -0.4 is 0 Å². The summed E-state index contributed by atoms with van der Waals surface area (Å²) in [5.41, 5.74) is 3.10. The summed E-state index contributed by atoms with van der Waals surface area (Å²) >= 11 is 5.90. The van der Waals surface area contributed by atoms with Crippen LogP contribution in [-0.4, -0.2) is 5.78 Å². The van der Waals surface area contributed by atoms with Crippen LogP contribution in [0.1, 0.15) is 36.3 Å². The Morgan fingerprint density at radius 2 is 1.71 bits per heavy atom. The third-order valence-electron chi connectivity index (χ3n) is 3.98. The quantitative estimate of drug-likeness (QED) is 0.691. The number of carbonyl (C=O) groups excluding carboxylic acids is 1. The van der Waals surface area contributed by atoms with Crippen molar-refractivity contribution in [2.24, 2.45) is 0 Å². The molecule has 2 heteroatoms. The molecule has 0 bridgehead atoms. The molecule has 3 rings (SSSR count). The monoisotopic (exact) mass is 296 g/mol. The molecule has 0 N–H and O–H groups in total. The zero-order chi connectivity index (χ0) is 14.7. The van der Waals surface area contributed by atoms with Crippen molar-refractivity contribution in [2.75, 3.05) is 0 Å². The molecule has 0 aromatic heterocycles. The maximum Gasteiger partial charge on any atom is 0.166 e. The lowest BCUT2D eigenvalue weighted by Gasteiger charge is -2.23. The van der Waals surface area contributed by atoms with E-state index in [1.165, 1.54) is 0 Å². The lowest BCUT2D eigenvalue weighted by molar-refractivity contribution is -0.117. The molecular formula is C19H17ClO. The van der Waals surface area contributed by atoms with Gasteiger partial charge in [0.15, 0.2) is 5.78 Å². The van der Waals surface area contributed by atoms with Gasteiger partial charge in [0, 0.05) is 10.9 Å². The minimum absolute atomic E-state index is 0.0125. The summed E-state index contributed by atoms with van der Waals surface area (Å²) in [5.74, 6) is 0.279. The maximum absolute atomic E-state index is 12.7. The number of halogens is 1. The summed E-state index contributed by atoms with van der Waals surface area (Å²) in [6.45, 7) is 0. The molecule has 0 saturated heterocycles. The van der Waals surface area contributed by atoms with Crippen LogP contribution in [0.2, 0.25) is 5.02 Å². The zero-order valence-electron chi connectivity index (χ0n) is 11.8. The van der Waals surface area contributed by atoms with Crippen molar-refractivity contribution >= 4 is 23.5 Å². The highest BCUT2D eigenvalue weighted by Gasteiger charge is 2.27. The van der Waals surface area contributed by atoms with Crippen LogP contribution in [0.15, 0.2) is 60.2 Å². The highest BCUT2D eigenvalue weighted by Crippen LogP contribution is 2.33. The maximum atomic E-state index is 12.7. The molecule has 1 atom stereocenters. The van der Waals surface area contributed by atoms with E-state index in [4.69, 9.17) is 11.6 Å². The van der Waals surface area contributed by atoms with Crippen molar-refractivity contribution in [3.63, 3.8) is 0 Å². The van der Waals surface area contributed by atoms with Crippen LogP contribution >= 0.6 is 11.6 Å². The van der Waals surface area contributed by atoms with E-state index in [9.17, 15) is 4.79 Å². The highest BCUT2D eigenvalue weighted by molar-refractivity contribution is 6.30. The number of hydrogen-bond acceptors (Lipinski definition) is 1. The van der Waals surface area contributed by atoms with Gasteiger partial charge < -0.3 is 0 Å². The van der Waals surface area contributed by atoms with E-state index in [0.29, 0.717) is 5.02 Å². The van der Waals surface area contributed by atoms with Crippen LogP contribution in [-0.2, 0) is 4.79 Å². The third-order valence-corrected chi connectivity index (χ3v) is 4.24. The van der Waals surface area contributed by atoms with Gasteiger partial charge in [-0.25, -0.2) is 0 Å². The van der Waals surface area contributed by atoms with Crippen LogP contribution in [0.25, 0.3) is 6.08 Å². The number of ketones is 1. The van der Waals surface area contributed by atoms with Gasteiger partial charge in [-0.05, 0) is 54.2 Å². The lowest BCUT2D eigenvalue weighted by atomic mass is 9.79. The molecule has 1 unspecified atom stereocenters. The van der Waals surface area contributed by atoms with Gasteiger partial charge >= 0.3 is 0 Å². The Bertz CT molecular complexity index is 656. The molecule has 0 spiro atoms. The number of benzene rings is 2. The largest absolute Gasteiger partial charge is 0.294 e. The van der Waals surface area contributed by atoms with Crippen LogP contribution in [0, 0.1) is 0 Å². The second-order valence-corrected chi connectivity index (χ2v) is 5.88. The first-order chi connectivity index (χ1) is 10.2. The van der Waals surface area contributed by atoms with Gasteiger partial charge in [-0.15, -0.1) is 0 Å².